The molecule has 0 radical (unpaired) electrons. The Labute approximate surface area is 86.7 Å². The topological polar surface area (TPSA) is 35.8 Å². The Bertz CT molecular complexity index is 376. The summed E-state index contributed by atoms with van der Waals surface area (Å²) in [7, 11) is 0. The summed E-state index contributed by atoms with van der Waals surface area (Å²) in [5, 5.41) is 17.5. The minimum Gasteiger partial charge on any atom is -0.507 e. The Morgan fingerprint density at radius 3 is 3.00 bits per heavy atom. The highest BCUT2D eigenvalue weighted by molar-refractivity contribution is 8.02. The average molecular weight is 206 g/mol. The van der Waals surface area contributed by atoms with Gasteiger partial charge in [-0.3, -0.25) is 5.01 Å². The number of hydrogen-bond acceptors (Lipinski definition) is 4. The maximum absolute atomic E-state index is 9.45. The molecule has 0 spiro atoms. The molecule has 0 aliphatic carbocycles. The van der Waals surface area contributed by atoms with E-state index in [2.05, 4.69) is 5.10 Å². The molecular formula is C10H10N2OS. The van der Waals surface area contributed by atoms with Crippen molar-refractivity contribution in [2.45, 2.75) is 0 Å². The van der Waals surface area contributed by atoms with E-state index in [1.54, 1.807) is 30.1 Å². The second kappa shape index (κ2) is 4.19. The zero-order valence-electron chi connectivity index (χ0n) is 7.50. The molecule has 4 heteroatoms. The number of nitrogens with zero attached hydrogens (tertiary/aromatic N) is 2. The van der Waals surface area contributed by atoms with Crippen molar-refractivity contribution in [2.24, 2.45) is 5.10 Å². The first-order valence-corrected chi connectivity index (χ1v) is 5.28. The molecule has 72 valence electrons. The van der Waals surface area contributed by atoms with Crippen LogP contribution >= 0.6 is 11.8 Å². The number of hydrogen-bond donors (Lipinski definition) is 1. The SMILES string of the molecule is Oc1ccccc1C=NN1C=CSC1. The predicted octanol–water partition coefficient (Wildman–Crippen LogP) is 2.20. The summed E-state index contributed by atoms with van der Waals surface area (Å²) in [6.07, 6.45) is 3.56. The van der Waals surface area contributed by atoms with Gasteiger partial charge in [-0.2, -0.15) is 5.10 Å². The van der Waals surface area contributed by atoms with Crippen LogP contribution in [0.5, 0.6) is 5.75 Å². The molecule has 1 aliphatic heterocycles. The van der Waals surface area contributed by atoms with Gasteiger partial charge in [-0.15, -0.1) is 11.8 Å². The second-order valence-electron chi connectivity index (χ2n) is 2.82. The quantitative estimate of drug-likeness (QED) is 0.753. The molecule has 2 rings (SSSR count). The van der Waals surface area contributed by atoms with Crippen LogP contribution in [0.25, 0.3) is 0 Å². The molecule has 14 heavy (non-hydrogen) atoms. The Kier molecular flexibility index (Phi) is 2.74. The van der Waals surface area contributed by atoms with Gasteiger partial charge in [0.1, 0.15) is 5.75 Å². The molecule has 0 saturated heterocycles. The van der Waals surface area contributed by atoms with E-state index in [-0.39, 0.29) is 5.75 Å². The molecule has 3 nitrogen and oxygen atoms in total. The number of aromatic hydroxyl groups is 1. The summed E-state index contributed by atoms with van der Waals surface area (Å²) in [6, 6.07) is 7.13. The first kappa shape index (κ1) is 9.15. The van der Waals surface area contributed by atoms with Gasteiger partial charge < -0.3 is 5.11 Å². The monoisotopic (exact) mass is 206 g/mol. The lowest BCUT2D eigenvalue weighted by molar-refractivity contribution is 0.470. The molecule has 1 N–H and O–H groups in total. The van der Waals surface area contributed by atoms with Gasteiger partial charge in [-0.1, -0.05) is 12.1 Å². The maximum atomic E-state index is 9.45. The molecule has 1 aromatic carbocycles. The smallest absolute Gasteiger partial charge is 0.124 e. The van der Waals surface area contributed by atoms with Gasteiger partial charge in [-0.05, 0) is 17.5 Å². The molecule has 0 atom stereocenters. The zero-order valence-corrected chi connectivity index (χ0v) is 8.31. The van der Waals surface area contributed by atoms with Gasteiger partial charge in [0.25, 0.3) is 0 Å². The van der Waals surface area contributed by atoms with Crippen molar-refractivity contribution in [3.05, 3.63) is 41.4 Å². The third-order valence-corrected chi connectivity index (χ3v) is 2.55. The number of hydrazone groups is 1. The largest absolute Gasteiger partial charge is 0.507 e. The standard InChI is InChI=1S/C10H10N2OS/c13-10-4-2-1-3-9(10)7-11-12-5-6-14-8-12/h1-7,13H,8H2. The molecule has 0 fully saturated rings. The van der Waals surface area contributed by atoms with E-state index in [1.807, 2.05) is 28.7 Å². The molecule has 1 aromatic rings. The summed E-state index contributed by atoms with van der Waals surface area (Å²) in [5.41, 5.74) is 0.734. The Balaban J connectivity index is 2.10. The minimum atomic E-state index is 0.257. The third kappa shape index (κ3) is 2.09. The summed E-state index contributed by atoms with van der Waals surface area (Å²) in [4.78, 5) is 0. The summed E-state index contributed by atoms with van der Waals surface area (Å²) < 4.78 is 0. The average Bonchev–Trinajstić information content (AvgIpc) is 2.69. The number of phenols is 1. The Morgan fingerprint density at radius 2 is 2.29 bits per heavy atom. The van der Waals surface area contributed by atoms with E-state index in [1.165, 1.54) is 0 Å². The van der Waals surface area contributed by atoms with Crippen molar-refractivity contribution in [1.29, 1.82) is 0 Å². The lowest BCUT2D eigenvalue weighted by atomic mass is 10.2. The van der Waals surface area contributed by atoms with Gasteiger partial charge in [0.15, 0.2) is 0 Å². The van der Waals surface area contributed by atoms with Crippen LogP contribution in [0.1, 0.15) is 5.56 Å². The Hall–Kier alpha value is -1.42. The van der Waals surface area contributed by atoms with Crippen LogP contribution in [0.15, 0.2) is 41.0 Å². The van der Waals surface area contributed by atoms with Crippen LogP contribution in [0.2, 0.25) is 0 Å². The molecule has 0 unspecified atom stereocenters. The van der Waals surface area contributed by atoms with E-state index in [0.717, 1.165) is 11.4 Å². The van der Waals surface area contributed by atoms with Crippen molar-refractivity contribution in [3.8, 4) is 5.75 Å². The molecule has 1 aliphatic rings. The molecule has 0 bridgehead atoms. The van der Waals surface area contributed by atoms with E-state index in [4.69, 9.17) is 0 Å². The van der Waals surface area contributed by atoms with Crippen LogP contribution in [0.4, 0.5) is 0 Å². The number of rotatable bonds is 2. The van der Waals surface area contributed by atoms with Crippen molar-refractivity contribution in [3.63, 3.8) is 0 Å². The van der Waals surface area contributed by atoms with E-state index in [0.29, 0.717) is 0 Å². The normalized spacial score (nSPS) is 15.6. The summed E-state index contributed by atoms with van der Waals surface area (Å²) in [5.74, 6) is 1.09. The predicted molar refractivity (Wildman–Crippen MR) is 59.1 cm³/mol. The Morgan fingerprint density at radius 1 is 1.43 bits per heavy atom. The lowest BCUT2D eigenvalue weighted by Crippen LogP contribution is -2.04. The van der Waals surface area contributed by atoms with Gasteiger partial charge in [0.2, 0.25) is 0 Å². The molecule has 0 saturated carbocycles. The summed E-state index contributed by atoms with van der Waals surface area (Å²) >= 11 is 1.69. The molecular weight excluding hydrogens is 196 g/mol. The van der Waals surface area contributed by atoms with E-state index < -0.39 is 0 Å². The van der Waals surface area contributed by atoms with Crippen LogP contribution in [-0.4, -0.2) is 22.2 Å². The molecule has 0 aromatic heterocycles. The molecule has 0 amide bonds. The van der Waals surface area contributed by atoms with E-state index in [9.17, 15) is 5.11 Å². The lowest BCUT2D eigenvalue weighted by Gasteiger charge is -2.05. The first-order chi connectivity index (χ1) is 6.86. The van der Waals surface area contributed by atoms with Crippen LogP contribution in [-0.2, 0) is 0 Å². The minimum absolute atomic E-state index is 0.257. The van der Waals surface area contributed by atoms with Gasteiger partial charge >= 0.3 is 0 Å². The van der Waals surface area contributed by atoms with Crippen molar-refractivity contribution in [1.82, 2.24) is 5.01 Å². The fraction of sp³-hybridized carbons (Fsp3) is 0.100. The van der Waals surface area contributed by atoms with Gasteiger partial charge in [-0.25, -0.2) is 0 Å². The van der Waals surface area contributed by atoms with Gasteiger partial charge in [0, 0.05) is 11.8 Å². The van der Waals surface area contributed by atoms with Crippen molar-refractivity contribution >= 4 is 18.0 Å². The maximum Gasteiger partial charge on any atom is 0.124 e. The van der Waals surface area contributed by atoms with Crippen molar-refractivity contribution < 1.29 is 5.11 Å². The number of phenolic OH excluding ortho intramolecular Hbond substituents is 1. The second-order valence-corrected chi connectivity index (χ2v) is 3.69. The highest BCUT2D eigenvalue weighted by Crippen LogP contribution is 2.16. The highest BCUT2D eigenvalue weighted by atomic mass is 32.2. The first-order valence-electron chi connectivity index (χ1n) is 4.23. The van der Waals surface area contributed by atoms with Gasteiger partial charge in [0.05, 0.1) is 12.1 Å². The molecule has 1 heterocycles. The van der Waals surface area contributed by atoms with Crippen molar-refractivity contribution in [2.75, 3.05) is 5.88 Å². The zero-order chi connectivity index (χ0) is 9.80. The highest BCUT2D eigenvalue weighted by Gasteiger charge is 2.01. The number of benzene rings is 1. The van der Waals surface area contributed by atoms with Crippen LogP contribution in [0, 0.1) is 0 Å². The fourth-order valence-electron chi connectivity index (χ4n) is 1.08. The fourth-order valence-corrected chi connectivity index (χ4v) is 1.70. The summed E-state index contributed by atoms with van der Waals surface area (Å²) in [6.45, 7) is 0. The third-order valence-electron chi connectivity index (χ3n) is 1.82. The van der Waals surface area contributed by atoms with Crippen LogP contribution < -0.4 is 0 Å². The van der Waals surface area contributed by atoms with Crippen LogP contribution in [0.3, 0.4) is 0 Å². The number of thioether (sulfide) groups is 1. The van der Waals surface area contributed by atoms with E-state index >= 15 is 0 Å². The number of para-hydroxylation sites is 1.